The molecule has 0 saturated heterocycles. The third-order valence-corrected chi connectivity index (χ3v) is 0. The van der Waals surface area contributed by atoms with Crippen LogP contribution in [0, 0.1) is 11.1 Å². The first-order valence-corrected chi connectivity index (χ1v) is 1.50. The Morgan fingerprint density at radius 2 is 1.20 bits per heavy atom. The van der Waals surface area contributed by atoms with Crippen LogP contribution in [-0.2, 0) is 0 Å². The van der Waals surface area contributed by atoms with Crippen molar-refractivity contribution in [3.63, 3.8) is 0 Å². The highest BCUT2D eigenvalue weighted by atomic mass is 16.6. The van der Waals surface area contributed by atoms with Gasteiger partial charge >= 0.3 is 6.16 Å². The summed E-state index contributed by atoms with van der Waals surface area (Å²) in [4.78, 5) is 12.1. The van der Waals surface area contributed by atoms with Gasteiger partial charge in [0.05, 0.1) is 0 Å². The fourth-order valence-electron chi connectivity index (χ4n) is 0. The minimum atomic E-state index is -1.83. The molecule has 0 amide bonds. The molecule has 0 aromatic rings. The van der Waals surface area contributed by atoms with E-state index in [1.54, 1.807) is 9.82 Å². The number of carbonyl (C=O) groups is 1. The second-order valence-corrected chi connectivity index (χ2v) is 0.483. The Labute approximate surface area is 54.3 Å². The number of carboxylic acid groups (broad SMARTS) is 2. The van der Waals surface area contributed by atoms with Gasteiger partial charge in [-0.05, 0) is 20.9 Å². The molecule has 9 nitrogen and oxygen atoms in total. The molecule has 0 aromatic carbocycles. The van der Waals surface area contributed by atoms with E-state index in [1.165, 1.54) is 0 Å². The fraction of sp³-hybridized carbons (Fsp3) is 0. The molecule has 0 spiro atoms. The van der Waals surface area contributed by atoms with Crippen molar-refractivity contribution in [2.24, 2.45) is 0 Å². The van der Waals surface area contributed by atoms with Gasteiger partial charge in [-0.3, -0.25) is 0 Å². The summed E-state index contributed by atoms with van der Waals surface area (Å²) in [6.07, 6.45) is -1.83. The van der Waals surface area contributed by atoms with Crippen LogP contribution in [0.25, 0.3) is 20.9 Å². The second kappa shape index (κ2) is 28.6. The van der Waals surface area contributed by atoms with Crippen LogP contribution in [0.3, 0.4) is 0 Å². The molecule has 0 saturated carbocycles. The molecule has 0 aliphatic rings. The van der Waals surface area contributed by atoms with E-state index >= 15 is 0 Å². The molecule has 0 radical (unpaired) electrons. The highest BCUT2D eigenvalue weighted by molar-refractivity contribution is 5.53. The summed E-state index contributed by atoms with van der Waals surface area (Å²) in [6, 6.07) is 0. The summed E-state index contributed by atoms with van der Waals surface area (Å²) in [5.41, 5.74) is 24.5. The van der Waals surface area contributed by atoms with E-state index in [2.05, 4.69) is 0 Å². The molecule has 0 atom stereocenters. The Hall–Kier alpha value is -2.11. The lowest BCUT2D eigenvalue weighted by atomic mass is 11.5. The SMILES string of the molecule is O=C(O)O.[N-]=[N+]=N.[N-]=[N+]=N. The molecular weight excluding hydrogens is 144 g/mol. The van der Waals surface area contributed by atoms with Crippen molar-refractivity contribution in [3.8, 4) is 0 Å². The van der Waals surface area contributed by atoms with Crippen LogP contribution in [0.2, 0.25) is 0 Å². The molecule has 56 valence electrons. The quantitative estimate of drug-likeness (QED) is 0.233. The Morgan fingerprint density at radius 3 is 1.20 bits per heavy atom. The van der Waals surface area contributed by atoms with Gasteiger partial charge in [-0.1, -0.05) is 0 Å². The van der Waals surface area contributed by atoms with E-state index in [0.717, 1.165) is 0 Å². The summed E-state index contributed by atoms with van der Waals surface area (Å²) >= 11 is 0. The maximum Gasteiger partial charge on any atom is 0.503 e. The van der Waals surface area contributed by atoms with Crippen molar-refractivity contribution in [2.45, 2.75) is 0 Å². The zero-order chi connectivity index (χ0) is 8.99. The molecule has 0 unspecified atom stereocenters. The van der Waals surface area contributed by atoms with Crippen LogP contribution in [0.15, 0.2) is 0 Å². The average Bonchev–Trinajstić information content (AvgIpc) is 1.65. The highest BCUT2D eigenvalue weighted by Gasteiger charge is 1.70. The van der Waals surface area contributed by atoms with Gasteiger partial charge in [0.1, 0.15) is 0 Å². The summed E-state index contributed by atoms with van der Waals surface area (Å²) in [5.74, 6) is 0. The van der Waals surface area contributed by atoms with Crippen LogP contribution >= 0.6 is 0 Å². The lowest BCUT2D eigenvalue weighted by Gasteiger charge is -1.60. The minimum Gasteiger partial charge on any atom is -0.450 e. The number of rotatable bonds is 0. The molecule has 0 bridgehead atoms. The topological polar surface area (TPSA) is 178 Å². The fourth-order valence-corrected chi connectivity index (χ4v) is 0. The molecule has 4 N–H and O–H groups in total. The Bertz CT molecular complexity index is 123. The van der Waals surface area contributed by atoms with Crippen molar-refractivity contribution >= 4 is 6.16 Å². The van der Waals surface area contributed by atoms with Crippen molar-refractivity contribution in [1.29, 1.82) is 11.1 Å². The second-order valence-electron chi connectivity index (χ2n) is 0.483. The van der Waals surface area contributed by atoms with Gasteiger partial charge in [0.2, 0.25) is 0 Å². The first-order valence-electron chi connectivity index (χ1n) is 1.50. The van der Waals surface area contributed by atoms with Crippen molar-refractivity contribution in [2.75, 3.05) is 0 Å². The van der Waals surface area contributed by atoms with E-state index < -0.39 is 6.16 Å². The van der Waals surface area contributed by atoms with Gasteiger partial charge in [0, 0.05) is 0 Å². The predicted octanol–water partition coefficient (Wildman–Crippen LogP) is 1.97. The van der Waals surface area contributed by atoms with Gasteiger partial charge < -0.3 is 10.2 Å². The molecule has 0 aliphatic heterocycles. The number of nitrogens with one attached hydrogen (secondary N) is 2. The van der Waals surface area contributed by atoms with Crippen LogP contribution in [-0.4, -0.2) is 16.4 Å². The number of nitrogens with zero attached hydrogens (tertiary/aromatic N) is 4. The maximum absolute atomic E-state index is 8.56. The normalized spacial score (nSPS) is 4.00. The monoisotopic (exact) mass is 148 g/mol. The zero-order valence-corrected chi connectivity index (χ0v) is 4.59. The largest absolute Gasteiger partial charge is 0.503 e. The van der Waals surface area contributed by atoms with Gasteiger partial charge in [0.25, 0.3) is 0 Å². The molecule has 0 fully saturated rings. The standard InChI is InChI=1S/CH2O3.2HN3/c2-1(3)4;2*1-3-2/h(H2,2,3,4);2*1H. The van der Waals surface area contributed by atoms with Crippen LogP contribution in [0.4, 0.5) is 4.79 Å². The molecular formula is CH4N6O3. The minimum absolute atomic E-state index is 1.75. The van der Waals surface area contributed by atoms with Gasteiger partial charge in [-0.2, -0.15) is 0 Å². The van der Waals surface area contributed by atoms with Crippen LogP contribution < -0.4 is 0 Å². The molecule has 0 aliphatic carbocycles. The third kappa shape index (κ3) is 31.6. The maximum atomic E-state index is 8.56. The highest BCUT2D eigenvalue weighted by Crippen LogP contribution is 1.42. The molecule has 0 heterocycles. The van der Waals surface area contributed by atoms with E-state index in [9.17, 15) is 0 Å². The molecule has 0 aromatic heterocycles. The van der Waals surface area contributed by atoms with E-state index in [0.29, 0.717) is 0 Å². The smallest absolute Gasteiger partial charge is 0.450 e. The molecule has 9 heteroatoms. The summed E-state index contributed by atoms with van der Waals surface area (Å²) in [6.45, 7) is 0. The van der Waals surface area contributed by atoms with E-state index in [1.807, 2.05) is 0 Å². The summed E-state index contributed by atoms with van der Waals surface area (Å²) in [7, 11) is 0. The average molecular weight is 148 g/mol. The summed E-state index contributed by atoms with van der Waals surface area (Å²) < 4.78 is 0. The summed E-state index contributed by atoms with van der Waals surface area (Å²) in [5, 5.41) is 13.9. The van der Waals surface area contributed by atoms with Crippen LogP contribution in [0.5, 0.6) is 0 Å². The molecule has 10 heavy (non-hydrogen) atoms. The Kier molecular flexibility index (Phi) is 44.8. The van der Waals surface area contributed by atoms with Crippen molar-refractivity contribution in [3.05, 3.63) is 20.9 Å². The van der Waals surface area contributed by atoms with Gasteiger partial charge in [0.15, 0.2) is 0 Å². The van der Waals surface area contributed by atoms with Crippen molar-refractivity contribution < 1.29 is 15.0 Å². The number of hydrogen-bond acceptors (Lipinski definition) is 3. The van der Waals surface area contributed by atoms with E-state index in [4.69, 9.17) is 37.1 Å². The Morgan fingerprint density at radius 1 is 1.20 bits per heavy atom. The third-order valence-electron chi connectivity index (χ3n) is 0. The lowest BCUT2D eigenvalue weighted by molar-refractivity contribution is 0.137. The zero-order valence-electron chi connectivity index (χ0n) is 4.59. The first-order chi connectivity index (χ1) is 4.56. The lowest BCUT2D eigenvalue weighted by Crippen LogP contribution is -1.81. The molecule has 0 rings (SSSR count). The predicted molar refractivity (Wildman–Crippen MR) is 29.5 cm³/mol. The van der Waals surface area contributed by atoms with Gasteiger partial charge in [-0.15, -0.1) is 11.1 Å². The number of hydrogen-bond donors (Lipinski definition) is 4. The Balaban J connectivity index is -0.0000000750. The first kappa shape index (κ1) is 15.7. The van der Waals surface area contributed by atoms with Crippen LogP contribution in [0.1, 0.15) is 0 Å². The van der Waals surface area contributed by atoms with Crippen molar-refractivity contribution in [1.82, 2.24) is 0 Å². The van der Waals surface area contributed by atoms with E-state index in [-0.39, 0.29) is 0 Å². The van der Waals surface area contributed by atoms with Gasteiger partial charge in [-0.25, -0.2) is 4.79 Å².